The molecule has 4 aromatic rings. The number of aromatic carboxylic acids is 2. The van der Waals surface area contributed by atoms with Crippen molar-refractivity contribution in [2.24, 2.45) is 0 Å². The van der Waals surface area contributed by atoms with E-state index in [4.69, 9.17) is 10.2 Å². The molecular weight excluding hydrogens is 388 g/mol. The molecule has 2 N–H and O–H groups in total. The Morgan fingerprint density at radius 3 is 1.34 bits per heavy atom. The average molecular weight is 404 g/mol. The standard InChI is InChI=1S/C22H16N2O4S/c1-11-12(2)18(14-5-9-16(10-6-14)22(27)28)20-19(23-29-24-20)17(11)13-3-7-15(8-4-13)21(25)26/h3-10H,1-2H3,(H,25,26)(H,27,28). The Bertz CT molecular complexity index is 1160. The summed E-state index contributed by atoms with van der Waals surface area (Å²) >= 11 is 1.12. The van der Waals surface area contributed by atoms with Crippen LogP contribution in [0.25, 0.3) is 33.3 Å². The Morgan fingerprint density at radius 2 is 1.03 bits per heavy atom. The number of nitrogens with zero attached hydrogens (tertiary/aromatic N) is 2. The van der Waals surface area contributed by atoms with Crippen LogP contribution in [0.3, 0.4) is 0 Å². The summed E-state index contributed by atoms with van der Waals surface area (Å²) < 4.78 is 9.01. The molecule has 0 aliphatic rings. The number of aromatic nitrogens is 2. The molecule has 0 fully saturated rings. The molecule has 0 aliphatic heterocycles. The number of carboxylic acid groups (broad SMARTS) is 2. The largest absolute Gasteiger partial charge is 0.478 e. The SMILES string of the molecule is Cc1c(C)c(-c2ccc(C(=O)O)cc2)c2nsnc2c1-c1ccc(C(=O)O)cc1. The fourth-order valence-corrected chi connectivity index (χ4v) is 4.07. The summed E-state index contributed by atoms with van der Waals surface area (Å²) in [6, 6.07) is 13.5. The van der Waals surface area contributed by atoms with Gasteiger partial charge in [0.1, 0.15) is 11.0 Å². The summed E-state index contributed by atoms with van der Waals surface area (Å²) in [5.41, 5.74) is 7.59. The van der Waals surface area contributed by atoms with Crippen LogP contribution >= 0.6 is 11.7 Å². The molecule has 0 saturated heterocycles. The van der Waals surface area contributed by atoms with Gasteiger partial charge in [0.25, 0.3) is 0 Å². The molecule has 0 aliphatic carbocycles. The van der Waals surface area contributed by atoms with Gasteiger partial charge in [-0.15, -0.1) is 0 Å². The molecule has 0 atom stereocenters. The normalized spacial score (nSPS) is 11.0. The number of carbonyl (C=O) groups is 2. The van der Waals surface area contributed by atoms with E-state index in [1.165, 1.54) is 0 Å². The Morgan fingerprint density at radius 1 is 0.690 bits per heavy atom. The third-order valence-corrected chi connectivity index (χ3v) is 5.64. The van der Waals surface area contributed by atoms with Crippen molar-refractivity contribution >= 4 is 34.7 Å². The molecule has 1 heterocycles. The number of carboxylic acids is 2. The molecular formula is C22H16N2O4S. The van der Waals surface area contributed by atoms with E-state index in [0.29, 0.717) is 0 Å². The van der Waals surface area contributed by atoms with Crippen LogP contribution in [0, 0.1) is 13.8 Å². The predicted octanol–water partition coefficient (Wildman–Crippen LogP) is 5.04. The number of rotatable bonds is 4. The second-order valence-corrected chi connectivity index (χ2v) is 7.25. The van der Waals surface area contributed by atoms with E-state index in [1.807, 2.05) is 13.8 Å². The topological polar surface area (TPSA) is 100 Å². The second kappa shape index (κ2) is 7.10. The molecule has 3 aromatic carbocycles. The molecule has 0 saturated carbocycles. The van der Waals surface area contributed by atoms with Crippen molar-refractivity contribution in [2.75, 3.05) is 0 Å². The lowest BCUT2D eigenvalue weighted by Gasteiger charge is -2.15. The lowest BCUT2D eigenvalue weighted by molar-refractivity contribution is 0.0686. The van der Waals surface area contributed by atoms with Gasteiger partial charge in [0.2, 0.25) is 0 Å². The third-order valence-electron chi connectivity index (χ3n) is 5.12. The van der Waals surface area contributed by atoms with Gasteiger partial charge in [-0.25, -0.2) is 9.59 Å². The smallest absolute Gasteiger partial charge is 0.335 e. The van der Waals surface area contributed by atoms with Gasteiger partial charge < -0.3 is 10.2 Å². The zero-order valence-electron chi connectivity index (χ0n) is 15.6. The van der Waals surface area contributed by atoms with Crippen molar-refractivity contribution in [2.45, 2.75) is 13.8 Å². The van der Waals surface area contributed by atoms with Crippen molar-refractivity contribution in [1.29, 1.82) is 0 Å². The lowest BCUT2D eigenvalue weighted by Crippen LogP contribution is -1.98. The highest BCUT2D eigenvalue weighted by Crippen LogP contribution is 2.40. The van der Waals surface area contributed by atoms with Gasteiger partial charge in [0.05, 0.1) is 22.9 Å². The zero-order valence-corrected chi connectivity index (χ0v) is 16.4. The van der Waals surface area contributed by atoms with E-state index in [1.54, 1.807) is 48.5 Å². The van der Waals surface area contributed by atoms with Crippen LogP contribution in [0.4, 0.5) is 0 Å². The Kier molecular flexibility index (Phi) is 4.60. The van der Waals surface area contributed by atoms with Crippen LogP contribution in [-0.4, -0.2) is 30.9 Å². The first-order valence-corrected chi connectivity index (χ1v) is 9.54. The van der Waals surface area contributed by atoms with Gasteiger partial charge in [-0.05, 0) is 60.4 Å². The summed E-state index contributed by atoms with van der Waals surface area (Å²) in [5, 5.41) is 18.3. The second-order valence-electron chi connectivity index (χ2n) is 6.73. The molecule has 7 heteroatoms. The van der Waals surface area contributed by atoms with Crippen LogP contribution in [-0.2, 0) is 0 Å². The van der Waals surface area contributed by atoms with Gasteiger partial charge in [-0.3, -0.25) is 0 Å². The number of fused-ring (bicyclic) bond motifs is 1. The summed E-state index contributed by atoms with van der Waals surface area (Å²) in [6.07, 6.45) is 0. The van der Waals surface area contributed by atoms with Crippen LogP contribution in [0.2, 0.25) is 0 Å². The minimum absolute atomic E-state index is 0.228. The average Bonchev–Trinajstić information content (AvgIpc) is 3.18. The van der Waals surface area contributed by atoms with E-state index in [2.05, 4.69) is 8.75 Å². The molecule has 144 valence electrons. The van der Waals surface area contributed by atoms with Crippen LogP contribution in [0.5, 0.6) is 0 Å². The van der Waals surface area contributed by atoms with Crippen LogP contribution < -0.4 is 0 Å². The molecule has 0 amide bonds. The third kappa shape index (κ3) is 3.15. The molecule has 0 radical (unpaired) electrons. The molecule has 4 rings (SSSR count). The number of hydrogen-bond acceptors (Lipinski definition) is 5. The Labute approximate surface area is 170 Å². The maximum atomic E-state index is 11.2. The highest BCUT2D eigenvalue weighted by Gasteiger charge is 2.20. The van der Waals surface area contributed by atoms with Crippen molar-refractivity contribution in [3.05, 3.63) is 70.8 Å². The van der Waals surface area contributed by atoms with E-state index in [-0.39, 0.29) is 11.1 Å². The predicted molar refractivity (Wildman–Crippen MR) is 112 cm³/mol. The number of hydrogen-bond donors (Lipinski definition) is 2. The first kappa shape index (κ1) is 18.8. The lowest BCUT2D eigenvalue weighted by atomic mass is 9.88. The van der Waals surface area contributed by atoms with Gasteiger partial charge in [-0.2, -0.15) is 8.75 Å². The van der Waals surface area contributed by atoms with Crippen LogP contribution in [0.15, 0.2) is 48.5 Å². The molecule has 1 aromatic heterocycles. The van der Waals surface area contributed by atoms with E-state index < -0.39 is 11.9 Å². The summed E-state index contributed by atoms with van der Waals surface area (Å²) in [4.78, 5) is 22.3. The fourth-order valence-electron chi connectivity index (χ4n) is 3.51. The minimum atomic E-state index is -0.968. The van der Waals surface area contributed by atoms with E-state index >= 15 is 0 Å². The van der Waals surface area contributed by atoms with Crippen molar-refractivity contribution in [1.82, 2.24) is 8.75 Å². The highest BCUT2D eigenvalue weighted by atomic mass is 32.1. The maximum Gasteiger partial charge on any atom is 0.335 e. The van der Waals surface area contributed by atoms with Gasteiger partial charge >= 0.3 is 11.9 Å². The Balaban J connectivity index is 1.93. The summed E-state index contributed by atoms with van der Waals surface area (Å²) in [5.74, 6) is -1.94. The molecule has 0 spiro atoms. The minimum Gasteiger partial charge on any atom is -0.478 e. The summed E-state index contributed by atoms with van der Waals surface area (Å²) in [7, 11) is 0. The Hall–Kier alpha value is -3.58. The van der Waals surface area contributed by atoms with Crippen molar-refractivity contribution in [3.8, 4) is 22.3 Å². The van der Waals surface area contributed by atoms with E-state index in [0.717, 1.165) is 56.1 Å². The van der Waals surface area contributed by atoms with Gasteiger partial charge in [0.15, 0.2) is 0 Å². The zero-order chi connectivity index (χ0) is 20.7. The molecule has 0 unspecified atom stereocenters. The van der Waals surface area contributed by atoms with Crippen LogP contribution in [0.1, 0.15) is 31.8 Å². The monoisotopic (exact) mass is 404 g/mol. The molecule has 6 nitrogen and oxygen atoms in total. The fraction of sp³-hybridized carbons (Fsp3) is 0.0909. The van der Waals surface area contributed by atoms with Gasteiger partial charge in [0, 0.05) is 11.1 Å². The molecule has 29 heavy (non-hydrogen) atoms. The highest BCUT2D eigenvalue weighted by molar-refractivity contribution is 7.00. The maximum absolute atomic E-state index is 11.2. The first-order chi connectivity index (χ1) is 13.9. The first-order valence-electron chi connectivity index (χ1n) is 8.81. The van der Waals surface area contributed by atoms with Crippen molar-refractivity contribution < 1.29 is 19.8 Å². The quantitative estimate of drug-likeness (QED) is 0.494. The number of benzene rings is 3. The van der Waals surface area contributed by atoms with Crippen molar-refractivity contribution in [3.63, 3.8) is 0 Å². The summed E-state index contributed by atoms with van der Waals surface area (Å²) in [6.45, 7) is 4.01. The van der Waals surface area contributed by atoms with Gasteiger partial charge in [-0.1, -0.05) is 24.3 Å². The molecule has 0 bridgehead atoms. The van der Waals surface area contributed by atoms with E-state index in [9.17, 15) is 9.59 Å².